The van der Waals surface area contributed by atoms with Crippen molar-refractivity contribution in [2.45, 2.75) is 12.1 Å². The van der Waals surface area contributed by atoms with Crippen molar-refractivity contribution in [1.29, 1.82) is 0 Å². The highest BCUT2D eigenvalue weighted by Crippen LogP contribution is 2.30. The Kier molecular flexibility index (Phi) is 3.43. The second kappa shape index (κ2) is 4.19. The van der Waals surface area contributed by atoms with E-state index in [9.17, 15) is 13.2 Å². The summed E-state index contributed by atoms with van der Waals surface area (Å²) in [6.45, 7) is 0.149. The summed E-state index contributed by atoms with van der Waals surface area (Å²) < 4.78 is 36.4. The molecule has 1 heterocycles. The number of aromatic nitrogens is 3. The van der Waals surface area contributed by atoms with Crippen molar-refractivity contribution in [2.24, 2.45) is 0 Å². The molecule has 1 aromatic rings. The van der Waals surface area contributed by atoms with Crippen molar-refractivity contribution in [2.75, 3.05) is 5.75 Å². The van der Waals surface area contributed by atoms with Crippen LogP contribution in [0.15, 0.2) is 6.33 Å². The normalized spacial score (nSPS) is 12.0. The van der Waals surface area contributed by atoms with Crippen molar-refractivity contribution in [3.63, 3.8) is 0 Å². The van der Waals surface area contributed by atoms with Crippen LogP contribution in [-0.4, -0.2) is 26.0 Å². The van der Waals surface area contributed by atoms with Crippen LogP contribution in [0.5, 0.6) is 0 Å². The fourth-order valence-electron chi connectivity index (χ4n) is 0.651. The summed E-state index contributed by atoms with van der Waals surface area (Å²) in [6, 6.07) is 0. The van der Waals surface area contributed by atoms with Gasteiger partial charge in [0.1, 0.15) is 6.33 Å². The molecule has 0 saturated carbocycles. The quantitative estimate of drug-likeness (QED) is 0.799. The predicted molar refractivity (Wildman–Crippen MR) is 43.5 cm³/mol. The molecule has 74 valence electrons. The number of nitrogens with zero attached hydrogens (tertiary/aromatic N) is 3. The van der Waals surface area contributed by atoms with Gasteiger partial charge in [-0.2, -0.15) is 13.2 Å². The molecule has 0 atom stereocenters. The lowest BCUT2D eigenvalue weighted by atomic mass is 10.7. The van der Waals surface area contributed by atoms with Crippen LogP contribution >= 0.6 is 23.4 Å². The second-order valence-corrected chi connectivity index (χ2v) is 3.59. The summed E-state index contributed by atoms with van der Waals surface area (Å²) in [6.07, 6.45) is 1.29. The maximum absolute atomic E-state index is 11.7. The van der Waals surface area contributed by atoms with E-state index in [-0.39, 0.29) is 29.3 Å². The maximum atomic E-state index is 11.7. The summed E-state index contributed by atoms with van der Waals surface area (Å²) >= 11 is 5.39. The molecular weight excluding hydrogens is 227 g/mol. The Bertz CT molecular complexity index is 274. The number of alkyl halides is 3. The molecule has 0 aliphatic carbocycles. The number of hydrogen-bond donors (Lipinski definition) is 0. The van der Waals surface area contributed by atoms with E-state index in [1.807, 2.05) is 0 Å². The average molecular weight is 232 g/mol. The number of hydrogen-bond acceptors (Lipinski definition) is 3. The Balaban J connectivity index is 2.32. The van der Waals surface area contributed by atoms with Gasteiger partial charge in [0.2, 0.25) is 5.28 Å². The molecule has 1 aromatic heterocycles. The van der Waals surface area contributed by atoms with Crippen LogP contribution in [0.4, 0.5) is 13.2 Å². The number of rotatable bonds is 3. The second-order valence-electron chi connectivity index (χ2n) is 2.09. The lowest BCUT2D eigenvalue weighted by molar-refractivity contribution is -0.0328. The van der Waals surface area contributed by atoms with Gasteiger partial charge in [-0.15, -0.1) is 10.2 Å². The molecule has 0 amide bonds. The van der Waals surface area contributed by atoms with Crippen molar-refractivity contribution < 1.29 is 13.2 Å². The van der Waals surface area contributed by atoms with Crippen LogP contribution in [-0.2, 0) is 6.54 Å². The molecule has 0 spiro atoms. The Morgan fingerprint density at radius 3 is 2.69 bits per heavy atom. The van der Waals surface area contributed by atoms with Gasteiger partial charge in [-0.1, -0.05) is 0 Å². The highest BCUT2D eigenvalue weighted by Gasteiger charge is 2.27. The van der Waals surface area contributed by atoms with Crippen LogP contribution in [0.2, 0.25) is 5.28 Å². The maximum Gasteiger partial charge on any atom is 0.441 e. The first-order chi connectivity index (χ1) is 5.99. The van der Waals surface area contributed by atoms with Crippen molar-refractivity contribution in [1.82, 2.24) is 14.8 Å². The lowest BCUT2D eigenvalue weighted by Crippen LogP contribution is -2.06. The van der Waals surface area contributed by atoms with Gasteiger partial charge in [-0.05, 0) is 23.4 Å². The first-order valence-electron chi connectivity index (χ1n) is 3.23. The van der Waals surface area contributed by atoms with E-state index in [0.29, 0.717) is 0 Å². The van der Waals surface area contributed by atoms with Crippen LogP contribution in [0.25, 0.3) is 0 Å². The van der Waals surface area contributed by atoms with Gasteiger partial charge in [0, 0.05) is 12.3 Å². The molecule has 0 N–H and O–H groups in total. The number of thioether (sulfide) groups is 1. The van der Waals surface area contributed by atoms with Gasteiger partial charge in [0.05, 0.1) is 0 Å². The molecule has 3 nitrogen and oxygen atoms in total. The third-order valence-corrected chi connectivity index (χ3v) is 2.17. The van der Waals surface area contributed by atoms with Gasteiger partial charge < -0.3 is 4.57 Å². The molecular formula is C5H5ClF3N3S. The summed E-state index contributed by atoms with van der Waals surface area (Å²) in [5.74, 6) is -0.0960. The Morgan fingerprint density at radius 1 is 1.54 bits per heavy atom. The molecule has 0 unspecified atom stereocenters. The van der Waals surface area contributed by atoms with Crippen molar-refractivity contribution >= 4 is 23.4 Å². The van der Waals surface area contributed by atoms with Crippen LogP contribution in [0, 0.1) is 0 Å². The first-order valence-corrected chi connectivity index (χ1v) is 4.59. The molecule has 8 heteroatoms. The zero-order valence-electron chi connectivity index (χ0n) is 6.25. The minimum atomic E-state index is -4.19. The van der Waals surface area contributed by atoms with E-state index >= 15 is 0 Å². The lowest BCUT2D eigenvalue weighted by Gasteiger charge is -2.05. The van der Waals surface area contributed by atoms with Gasteiger partial charge >= 0.3 is 5.51 Å². The first kappa shape index (κ1) is 10.6. The number of aryl methyl sites for hydroxylation is 1. The van der Waals surface area contributed by atoms with Gasteiger partial charge in [0.15, 0.2) is 0 Å². The Hall–Kier alpha value is -0.430. The van der Waals surface area contributed by atoms with E-state index in [1.54, 1.807) is 0 Å². The van der Waals surface area contributed by atoms with E-state index in [2.05, 4.69) is 10.2 Å². The number of halogens is 4. The fraction of sp³-hybridized carbons (Fsp3) is 0.600. The van der Waals surface area contributed by atoms with Crippen LogP contribution in [0.3, 0.4) is 0 Å². The van der Waals surface area contributed by atoms with Crippen LogP contribution in [0.1, 0.15) is 0 Å². The molecule has 0 aliphatic heterocycles. The summed E-state index contributed by atoms with van der Waals surface area (Å²) in [4.78, 5) is 0. The minimum Gasteiger partial charge on any atom is -0.304 e. The third kappa shape index (κ3) is 3.86. The standard InChI is InChI=1S/C5H5ClF3N3S/c6-4-11-10-3-12(4)1-2-13-5(7,8)9/h3H,1-2H2. The summed E-state index contributed by atoms with van der Waals surface area (Å²) in [7, 11) is 0. The molecule has 0 radical (unpaired) electrons. The Labute approximate surface area is 81.3 Å². The molecule has 0 saturated heterocycles. The van der Waals surface area contributed by atoms with Gasteiger partial charge in [-0.25, -0.2) is 0 Å². The van der Waals surface area contributed by atoms with Gasteiger partial charge in [-0.3, -0.25) is 0 Å². The largest absolute Gasteiger partial charge is 0.441 e. The minimum absolute atomic E-state index is 0.0945. The molecule has 0 aliphatic rings. The van der Waals surface area contributed by atoms with Crippen molar-refractivity contribution in [3.8, 4) is 0 Å². The molecule has 1 rings (SSSR count). The highest BCUT2D eigenvalue weighted by atomic mass is 35.5. The molecule has 13 heavy (non-hydrogen) atoms. The molecule has 0 bridgehead atoms. The monoisotopic (exact) mass is 231 g/mol. The van der Waals surface area contributed by atoms with Crippen LogP contribution < -0.4 is 0 Å². The van der Waals surface area contributed by atoms with E-state index in [4.69, 9.17) is 11.6 Å². The van der Waals surface area contributed by atoms with E-state index < -0.39 is 5.51 Å². The zero-order valence-corrected chi connectivity index (χ0v) is 7.83. The van der Waals surface area contributed by atoms with E-state index in [1.165, 1.54) is 10.9 Å². The van der Waals surface area contributed by atoms with Gasteiger partial charge in [0.25, 0.3) is 0 Å². The molecule has 0 aromatic carbocycles. The SMILES string of the molecule is FC(F)(F)SCCn1cnnc1Cl. The fourth-order valence-corrected chi connectivity index (χ4v) is 1.34. The highest BCUT2D eigenvalue weighted by molar-refractivity contribution is 8.00. The van der Waals surface area contributed by atoms with E-state index in [0.717, 1.165) is 0 Å². The summed E-state index contributed by atoms with van der Waals surface area (Å²) in [5, 5.41) is 6.95. The zero-order chi connectivity index (χ0) is 9.90. The topological polar surface area (TPSA) is 30.7 Å². The third-order valence-electron chi connectivity index (χ3n) is 1.17. The summed E-state index contributed by atoms with van der Waals surface area (Å²) in [5.41, 5.74) is -4.19. The Morgan fingerprint density at radius 2 is 2.23 bits per heavy atom. The van der Waals surface area contributed by atoms with Crippen molar-refractivity contribution in [3.05, 3.63) is 11.6 Å². The predicted octanol–water partition coefficient (Wildman–Crippen LogP) is 2.18. The smallest absolute Gasteiger partial charge is 0.304 e. The molecule has 0 fully saturated rings. The average Bonchev–Trinajstić information content (AvgIpc) is 2.34.